The lowest BCUT2D eigenvalue weighted by Gasteiger charge is -2.11. The van der Waals surface area contributed by atoms with E-state index in [1.807, 2.05) is 6.92 Å². The van der Waals surface area contributed by atoms with Crippen molar-refractivity contribution in [3.63, 3.8) is 0 Å². The Kier molecular flexibility index (Phi) is 3.19. The van der Waals surface area contributed by atoms with Crippen LogP contribution in [0.25, 0.3) is 0 Å². The fraction of sp³-hybridized carbons (Fsp3) is 0.800. The van der Waals surface area contributed by atoms with Gasteiger partial charge in [0.15, 0.2) is 0 Å². The molecule has 0 aliphatic heterocycles. The van der Waals surface area contributed by atoms with E-state index in [-0.39, 0.29) is 6.04 Å². The van der Waals surface area contributed by atoms with Gasteiger partial charge in [-0.1, -0.05) is 0 Å². The third kappa shape index (κ3) is 3.61. The largest absolute Gasteiger partial charge is 0.347 e. The van der Waals surface area contributed by atoms with Crippen molar-refractivity contribution < 1.29 is 4.79 Å². The Morgan fingerprint density at radius 2 is 2.38 bits per heavy atom. The van der Waals surface area contributed by atoms with E-state index in [9.17, 15) is 4.79 Å². The minimum Gasteiger partial charge on any atom is -0.347 e. The van der Waals surface area contributed by atoms with Crippen molar-refractivity contribution in [2.24, 2.45) is 5.73 Å². The van der Waals surface area contributed by atoms with Gasteiger partial charge in [0.1, 0.15) is 0 Å². The van der Waals surface area contributed by atoms with E-state index in [0.717, 1.165) is 6.41 Å². The number of amides is 1. The summed E-state index contributed by atoms with van der Waals surface area (Å²) in [6, 6.07) is 0.0743. The number of likely N-dealkylation sites (N-methyl/N-ethyl adjacent to an activating group) is 1. The first-order chi connectivity index (χ1) is 3.66. The zero-order chi connectivity index (χ0) is 6.57. The molecule has 2 N–H and O–H groups in total. The highest BCUT2D eigenvalue weighted by Crippen LogP contribution is 1.77. The lowest BCUT2D eigenvalue weighted by molar-refractivity contribution is -0.117. The summed E-state index contributed by atoms with van der Waals surface area (Å²) in [4.78, 5) is 11.4. The second kappa shape index (κ2) is 3.43. The van der Waals surface area contributed by atoms with Crippen molar-refractivity contribution in [1.82, 2.24) is 4.90 Å². The molecule has 0 aromatic rings. The van der Waals surface area contributed by atoms with Crippen LogP contribution < -0.4 is 5.73 Å². The lowest BCUT2D eigenvalue weighted by atomic mass is 10.3. The molecular weight excluding hydrogens is 104 g/mol. The molecule has 0 aliphatic carbocycles. The summed E-state index contributed by atoms with van der Waals surface area (Å²) in [6.45, 7) is 2.49. The molecule has 1 amide bonds. The maximum absolute atomic E-state index is 9.91. The number of hydrogen-bond acceptors (Lipinski definition) is 2. The minimum atomic E-state index is 0.0743. The summed E-state index contributed by atoms with van der Waals surface area (Å²) in [7, 11) is 1.70. The first-order valence-corrected chi connectivity index (χ1v) is 2.58. The molecule has 0 rings (SSSR count). The molecule has 8 heavy (non-hydrogen) atoms. The lowest BCUT2D eigenvalue weighted by Crippen LogP contribution is -2.31. The van der Waals surface area contributed by atoms with Crippen molar-refractivity contribution in [2.75, 3.05) is 13.6 Å². The van der Waals surface area contributed by atoms with Crippen molar-refractivity contribution in [2.45, 2.75) is 13.0 Å². The summed E-state index contributed by atoms with van der Waals surface area (Å²) in [5, 5.41) is 0. The number of hydrogen-bond donors (Lipinski definition) is 1. The average Bonchev–Trinajstić information content (AvgIpc) is 1.65. The van der Waals surface area contributed by atoms with Gasteiger partial charge in [0.2, 0.25) is 6.41 Å². The maximum Gasteiger partial charge on any atom is 0.209 e. The first-order valence-electron chi connectivity index (χ1n) is 2.58. The van der Waals surface area contributed by atoms with Gasteiger partial charge in [0, 0.05) is 19.6 Å². The monoisotopic (exact) mass is 116 g/mol. The SMILES string of the molecule is CC(N)CN(C)C=O. The predicted molar refractivity (Wildman–Crippen MR) is 32.3 cm³/mol. The van der Waals surface area contributed by atoms with Crippen molar-refractivity contribution >= 4 is 6.41 Å². The summed E-state index contributed by atoms with van der Waals surface area (Å²) < 4.78 is 0. The van der Waals surface area contributed by atoms with Crippen LogP contribution in [0.4, 0.5) is 0 Å². The maximum atomic E-state index is 9.91. The Balaban J connectivity index is 3.23. The van der Waals surface area contributed by atoms with Gasteiger partial charge in [-0.3, -0.25) is 4.79 Å². The quantitative estimate of drug-likeness (QED) is 0.501. The van der Waals surface area contributed by atoms with E-state index >= 15 is 0 Å². The molecule has 3 heteroatoms. The zero-order valence-electron chi connectivity index (χ0n) is 5.29. The van der Waals surface area contributed by atoms with Gasteiger partial charge in [-0.05, 0) is 6.92 Å². The van der Waals surface area contributed by atoms with Crippen LogP contribution in [0.1, 0.15) is 6.92 Å². The van der Waals surface area contributed by atoms with Gasteiger partial charge in [-0.25, -0.2) is 0 Å². The van der Waals surface area contributed by atoms with Crippen LogP contribution in [0.5, 0.6) is 0 Å². The van der Waals surface area contributed by atoms with E-state index in [4.69, 9.17) is 5.73 Å². The molecule has 0 spiro atoms. The van der Waals surface area contributed by atoms with Crippen LogP contribution in [0.2, 0.25) is 0 Å². The van der Waals surface area contributed by atoms with E-state index in [1.165, 1.54) is 4.90 Å². The molecule has 0 heterocycles. The van der Waals surface area contributed by atoms with E-state index in [2.05, 4.69) is 0 Å². The molecule has 0 aliphatic rings. The summed E-state index contributed by atoms with van der Waals surface area (Å²) in [6.07, 6.45) is 0.767. The van der Waals surface area contributed by atoms with Crippen LogP contribution >= 0.6 is 0 Å². The number of nitrogens with zero attached hydrogens (tertiary/aromatic N) is 1. The van der Waals surface area contributed by atoms with Gasteiger partial charge >= 0.3 is 0 Å². The normalized spacial score (nSPS) is 12.9. The second-order valence-corrected chi connectivity index (χ2v) is 2.02. The van der Waals surface area contributed by atoms with Crippen molar-refractivity contribution in [1.29, 1.82) is 0 Å². The average molecular weight is 116 g/mol. The molecular formula is C5H12N2O. The van der Waals surface area contributed by atoms with Gasteiger partial charge < -0.3 is 10.6 Å². The van der Waals surface area contributed by atoms with E-state index in [1.54, 1.807) is 7.05 Å². The molecule has 0 saturated heterocycles. The molecule has 0 fully saturated rings. The Morgan fingerprint density at radius 1 is 1.88 bits per heavy atom. The molecule has 1 unspecified atom stereocenters. The summed E-state index contributed by atoms with van der Waals surface area (Å²) >= 11 is 0. The van der Waals surface area contributed by atoms with Crippen LogP contribution in [-0.4, -0.2) is 30.9 Å². The van der Waals surface area contributed by atoms with Gasteiger partial charge in [-0.15, -0.1) is 0 Å². The standard InChI is InChI=1S/C5H12N2O/c1-5(6)3-7(2)4-8/h4-5H,3,6H2,1-2H3. The fourth-order valence-electron chi connectivity index (χ4n) is 0.497. The molecule has 0 aromatic carbocycles. The Hall–Kier alpha value is -0.570. The topological polar surface area (TPSA) is 46.3 Å². The third-order valence-corrected chi connectivity index (χ3v) is 0.756. The minimum absolute atomic E-state index is 0.0743. The van der Waals surface area contributed by atoms with Crippen LogP contribution in [-0.2, 0) is 4.79 Å². The number of carbonyl (C=O) groups excluding carboxylic acids is 1. The highest BCUT2D eigenvalue weighted by atomic mass is 16.1. The first kappa shape index (κ1) is 7.43. The van der Waals surface area contributed by atoms with Crippen molar-refractivity contribution in [3.05, 3.63) is 0 Å². The number of nitrogens with two attached hydrogens (primary N) is 1. The highest BCUT2D eigenvalue weighted by Gasteiger charge is 1.95. The third-order valence-electron chi connectivity index (χ3n) is 0.756. The van der Waals surface area contributed by atoms with E-state index in [0.29, 0.717) is 6.54 Å². The highest BCUT2D eigenvalue weighted by molar-refractivity contribution is 5.46. The molecule has 3 nitrogen and oxygen atoms in total. The molecule has 0 saturated carbocycles. The Labute approximate surface area is 49.5 Å². The molecule has 0 aromatic heterocycles. The molecule has 0 bridgehead atoms. The molecule has 0 radical (unpaired) electrons. The summed E-state index contributed by atoms with van der Waals surface area (Å²) in [5.74, 6) is 0. The number of carbonyl (C=O) groups is 1. The Morgan fingerprint density at radius 3 is 2.50 bits per heavy atom. The van der Waals surface area contributed by atoms with Crippen LogP contribution in [0.15, 0.2) is 0 Å². The molecule has 1 atom stereocenters. The molecule has 48 valence electrons. The predicted octanol–water partition coefficient (Wildman–Crippen LogP) is -0.578. The smallest absolute Gasteiger partial charge is 0.209 e. The Bertz CT molecular complexity index is 72.8. The van der Waals surface area contributed by atoms with Crippen molar-refractivity contribution in [3.8, 4) is 0 Å². The van der Waals surface area contributed by atoms with Crippen LogP contribution in [0.3, 0.4) is 0 Å². The van der Waals surface area contributed by atoms with Gasteiger partial charge in [0.05, 0.1) is 0 Å². The second-order valence-electron chi connectivity index (χ2n) is 2.02. The van der Waals surface area contributed by atoms with E-state index < -0.39 is 0 Å². The van der Waals surface area contributed by atoms with Crippen LogP contribution in [0, 0.1) is 0 Å². The summed E-state index contributed by atoms with van der Waals surface area (Å²) in [5.41, 5.74) is 5.37. The number of rotatable bonds is 3. The van der Waals surface area contributed by atoms with Gasteiger partial charge in [0.25, 0.3) is 0 Å². The van der Waals surface area contributed by atoms with Gasteiger partial charge in [-0.2, -0.15) is 0 Å². The zero-order valence-corrected chi connectivity index (χ0v) is 5.29. The fourth-order valence-corrected chi connectivity index (χ4v) is 0.497.